The van der Waals surface area contributed by atoms with Crippen molar-refractivity contribution in [1.82, 2.24) is 10.2 Å². The van der Waals surface area contributed by atoms with Crippen molar-refractivity contribution in [3.05, 3.63) is 62.0 Å². The van der Waals surface area contributed by atoms with Gasteiger partial charge in [0.1, 0.15) is 11.8 Å². The first-order chi connectivity index (χ1) is 14.3. The van der Waals surface area contributed by atoms with Crippen LogP contribution in [0.25, 0.3) is 0 Å². The van der Waals surface area contributed by atoms with Crippen molar-refractivity contribution in [3.63, 3.8) is 0 Å². The molecule has 0 aliphatic heterocycles. The molecule has 0 fully saturated rings. The molecule has 0 saturated carbocycles. The monoisotopic (exact) mass is 514 g/mol. The van der Waals surface area contributed by atoms with Gasteiger partial charge >= 0.3 is 0 Å². The van der Waals surface area contributed by atoms with E-state index in [-0.39, 0.29) is 25.0 Å². The van der Waals surface area contributed by atoms with Crippen molar-refractivity contribution in [2.75, 3.05) is 13.7 Å². The minimum absolute atomic E-state index is 0.0998. The fraction of sp³-hybridized carbons (Fsp3) is 0.364. The number of ether oxygens (including phenoxy) is 1. The number of aryl methyl sites for hydroxylation is 1. The van der Waals surface area contributed by atoms with E-state index in [0.29, 0.717) is 27.8 Å². The second-order valence-corrected chi connectivity index (χ2v) is 8.34. The zero-order valence-electron chi connectivity index (χ0n) is 17.2. The Labute approximate surface area is 195 Å². The van der Waals surface area contributed by atoms with E-state index in [0.717, 1.165) is 16.5 Å². The van der Waals surface area contributed by atoms with Crippen LogP contribution in [0.2, 0.25) is 10.0 Å². The average Bonchev–Trinajstić information content (AvgIpc) is 2.74. The normalized spacial score (nSPS) is 11.7. The number of likely N-dealkylation sites (N-methyl/N-ethyl adjacent to an activating group) is 1. The first-order valence-electron chi connectivity index (χ1n) is 9.67. The van der Waals surface area contributed by atoms with Gasteiger partial charge in [0.15, 0.2) is 6.61 Å². The van der Waals surface area contributed by atoms with Gasteiger partial charge in [0.2, 0.25) is 5.91 Å². The van der Waals surface area contributed by atoms with Gasteiger partial charge in [0, 0.05) is 29.2 Å². The molecule has 0 aliphatic carbocycles. The van der Waals surface area contributed by atoms with Crippen LogP contribution in [0.1, 0.15) is 31.4 Å². The van der Waals surface area contributed by atoms with Crippen LogP contribution in [0.3, 0.4) is 0 Å². The van der Waals surface area contributed by atoms with E-state index in [4.69, 9.17) is 27.9 Å². The number of nitrogens with zero attached hydrogens (tertiary/aromatic N) is 1. The minimum atomic E-state index is -0.677. The summed E-state index contributed by atoms with van der Waals surface area (Å²) in [6, 6.07) is 10.2. The number of carbonyl (C=O) groups excluding carboxylic acids is 2. The maximum atomic E-state index is 13.1. The lowest BCUT2D eigenvalue weighted by molar-refractivity contribution is -0.142. The highest BCUT2D eigenvalue weighted by atomic mass is 79.9. The van der Waals surface area contributed by atoms with Gasteiger partial charge < -0.3 is 15.0 Å². The molecule has 8 heteroatoms. The molecule has 0 saturated heterocycles. The molecule has 0 spiro atoms. The van der Waals surface area contributed by atoms with Gasteiger partial charge in [0.05, 0.1) is 4.47 Å². The number of nitrogens with one attached hydrogen (secondary N) is 1. The Balaban J connectivity index is 2.26. The molecule has 0 heterocycles. The van der Waals surface area contributed by atoms with Gasteiger partial charge in [0.25, 0.3) is 5.91 Å². The number of amides is 2. The van der Waals surface area contributed by atoms with Crippen molar-refractivity contribution in [1.29, 1.82) is 0 Å². The summed E-state index contributed by atoms with van der Waals surface area (Å²) in [7, 11) is 1.54. The first-order valence-corrected chi connectivity index (χ1v) is 11.2. The minimum Gasteiger partial charge on any atom is -0.483 e. The van der Waals surface area contributed by atoms with E-state index in [1.807, 2.05) is 25.1 Å². The molecule has 0 bridgehead atoms. The quantitative estimate of drug-likeness (QED) is 0.496. The number of carbonyl (C=O) groups is 2. The average molecular weight is 516 g/mol. The Bertz CT molecular complexity index is 888. The van der Waals surface area contributed by atoms with Gasteiger partial charge in [-0.25, -0.2) is 0 Å². The lowest BCUT2D eigenvalue weighted by atomic mass is 10.1. The summed E-state index contributed by atoms with van der Waals surface area (Å²) in [6.45, 7) is 3.78. The van der Waals surface area contributed by atoms with Gasteiger partial charge in [-0.2, -0.15) is 0 Å². The van der Waals surface area contributed by atoms with Crippen LogP contribution in [0.5, 0.6) is 5.75 Å². The summed E-state index contributed by atoms with van der Waals surface area (Å²) in [6.07, 6.45) is 1.33. The summed E-state index contributed by atoms with van der Waals surface area (Å²) in [5, 5.41) is 3.49. The van der Waals surface area contributed by atoms with Crippen molar-refractivity contribution >= 4 is 50.9 Å². The molecule has 5 nitrogen and oxygen atoms in total. The predicted octanol–water partition coefficient (Wildman–Crippen LogP) is 5.25. The fourth-order valence-electron chi connectivity index (χ4n) is 3.04. The topological polar surface area (TPSA) is 58.6 Å². The molecule has 0 radical (unpaired) electrons. The second-order valence-electron chi connectivity index (χ2n) is 6.67. The highest BCUT2D eigenvalue weighted by molar-refractivity contribution is 9.10. The van der Waals surface area contributed by atoms with E-state index < -0.39 is 6.04 Å². The highest BCUT2D eigenvalue weighted by Gasteiger charge is 2.29. The van der Waals surface area contributed by atoms with Gasteiger partial charge in [-0.15, -0.1) is 0 Å². The Morgan fingerprint density at radius 2 is 1.83 bits per heavy atom. The number of hydrogen-bond acceptors (Lipinski definition) is 3. The SMILES string of the molecule is CCc1ccc(OCC(=O)N(Cc2c(Cl)cccc2Cl)[C@@H](CC)C(=O)NC)c(Br)c1. The summed E-state index contributed by atoms with van der Waals surface area (Å²) >= 11 is 16.1. The third kappa shape index (κ3) is 6.13. The second kappa shape index (κ2) is 11.6. The molecule has 30 heavy (non-hydrogen) atoms. The highest BCUT2D eigenvalue weighted by Crippen LogP contribution is 2.28. The first kappa shape index (κ1) is 24.5. The van der Waals surface area contributed by atoms with E-state index in [1.165, 1.54) is 4.90 Å². The third-order valence-electron chi connectivity index (χ3n) is 4.78. The Hall–Kier alpha value is -1.76. The van der Waals surface area contributed by atoms with Crippen molar-refractivity contribution in [3.8, 4) is 5.75 Å². The smallest absolute Gasteiger partial charge is 0.261 e. The van der Waals surface area contributed by atoms with Crippen LogP contribution in [0.4, 0.5) is 0 Å². The third-order valence-corrected chi connectivity index (χ3v) is 6.11. The Morgan fingerprint density at radius 1 is 1.17 bits per heavy atom. The molecule has 2 aromatic rings. The van der Waals surface area contributed by atoms with Crippen LogP contribution in [-0.2, 0) is 22.6 Å². The molecule has 0 aromatic heterocycles. The van der Waals surface area contributed by atoms with Gasteiger partial charge in [-0.05, 0) is 58.6 Å². The molecule has 2 aromatic carbocycles. The molecule has 2 amide bonds. The predicted molar refractivity (Wildman–Crippen MR) is 124 cm³/mol. The molecule has 0 unspecified atom stereocenters. The molecule has 2 rings (SSSR count). The number of hydrogen-bond donors (Lipinski definition) is 1. The fourth-order valence-corrected chi connectivity index (χ4v) is 4.10. The lowest BCUT2D eigenvalue weighted by Gasteiger charge is -2.30. The van der Waals surface area contributed by atoms with E-state index in [9.17, 15) is 9.59 Å². The standard InChI is InChI=1S/C22H25BrCl2N2O3/c1-4-14-9-10-20(16(23)11-14)30-13-21(28)27(19(5-2)22(29)26-3)12-15-17(24)7-6-8-18(15)25/h6-11,19H,4-5,12-13H2,1-3H3,(H,26,29)/t19-/m0/s1. The maximum absolute atomic E-state index is 13.1. The largest absolute Gasteiger partial charge is 0.483 e. The summed E-state index contributed by atoms with van der Waals surface area (Å²) < 4.78 is 6.52. The van der Waals surface area contributed by atoms with Crippen molar-refractivity contribution in [2.24, 2.45) is 0 Å². The zero-order valence-corrected chi connectivity index (χ0v) is 20.3. The molecule has 1 N–H and O–H groups in total. The summed E-state index contributed by atoms with van der Waals surface area (Å²) in [5.74, 6) is -0.0420. The van der Waals surface area contributed by atoms with E-state index in [1.54, 1.807) is 25.2 Å². The van der Waals surface area contributed by atoms with Crippen LogP contribution in [0.15, 0.2) is 40.9 Å². The molecule has 0 aliphatic rings. The molecular weight excluding hydrogens is 491 g/mol. The summed E-state index contributed by atoms with van der Waals surface area (Å²) in [5.41, 5.74) is 1.74. The Kier molecular flexibility index (Phi) is 9.46. The van der Waals surface area contributed by atoms with Crippen LogP contribution in [0, 0.1) is 0 Å². The number of benzene rings is 2. The van der Waals surface area contributed by atoms with Crippen molar-refractivity contribution < 1.29 is 14.3 Å². The molecule has 1 atom stereocenters. The lowest BCUT2D eigenvalue weighted by Crippen LogP contribution is -2.49. The van der Waals surface area contributed by atoms with E-state index >= 15 is 0 Å². The van der Waals surface area contributed by atoms with Gasteiger partial charge in [-0.1, -0.05) is 49.2 Å². The van der Waals surface area contributed by atoms with Crippen molar-refractivity contribution in [2.45, 2.75) is 39.3 Å². The number of rotatable bonds is 9. The Morgan fingerprint density at radius 3 is 2.37 bits per heavy atom. The summed E-state index contributed by atoms with van der Waals surface area (Å²) in [4.78, 5) is 27.0. The van der Waals surface area contributed by atoms with Gasteiger partial charge in [-0.3, -0.25) is 9.59 Å². The maximum Gasteiger partial charge on any atom is 0.261 e. The molecule has 162 valence electrons. The van der Waals surface area contributed by atoms with Crippen LogP contribution >= 0.6 is 39.1 Å². The number of halogens is 3. The van der Waals surface area contributed by atoms with Crippen LogP contribution in [-0.4, -0.2) is 36.4 Å². The zero-order chi connectivity index (χ0) is 22.3. The van der Waals surface area contributed by atoms with Crippen LogP contribution < -0.4 is 10.1 Å². The van der Waals surface area contributed by atoms with E-state index in [2.05, 4.69) is 28.2 Å². The molecular formula is C22H25BrCl2N2O3.